The van der Waals surface area contributed by atoms with Crippen LogP contribution in [0, 0.1) is 11.8 Å². The largest absolute Gasteiger partial charge is 0.330 e. The second kappa shape index (κ2) is 6.20. The Morgan fingerprint density at radius 2 is 2.08 bits per heavy atom. The molecule has 0 aromatic rings. The van der Waals surface area contributed by atoms with Crippen molar-refractivity contribution < 1.29 is 0 Å². The van der Waals surface area contributed by atoms with E-state index in [4.69, 9.17) is 5.73 Å². The van der Waals surface area contributed by atoms with E-state index in [0.29, 0.717) is 0 Å². The van der Waals surface area contributed by atoms with Gasteiger partial charge in [-0.1, -0.05) is 38.3 Å². The zero-order valence-electron chi connectivity index (χ0n) is 8.84. The van der Waals surface area contributed by atoms with E-state index in [1.807, 2.05) is 0 Å². The lowest BCUT2D eigenvalue weighted by Crippen LogP contribution is -2.16. The summed E-state index contributed by atoms with van der Waals surface area (Å²) >= 11 is 0. The van der Waals surface area contributed by atoms with Gasteiger partial charge in [0.05, 0.1) is 0 Å². The number of rotatable bonds is 4. The highest BCUT2D eigenvalue weighted by molar-refractivity contribution is 4.93. The van der Waals surface area contributed by atoms with Crippen LogP contribution in [0.15, 0.2) is 12.2 Å². The van der Waals surface area contributed by atoms with Gasteiger partial charge in [-0.2, -0.15) is 0 Å². The smallest absolute Gasteiger partial charge is 0.00426 e. The summed E-state index contributed by atoms with van der Waals surface area (Å²) in [5.74, 6) is 1.80. The van der Waals surface area contributed by atoms with E-state index >= 15 is 0 Å². The molecule has 1 aliphatic carbocycles. The molecular weight excluding hydrogens is 158 g/mol. The minimum atomic E-state index is 0.792. The Morgan fingerprint density at radius 1 is 1.31 bits per heavy atom. The second-order valence-electron chi connectivity index (χ2n) is 4.12. The number of allylic oxidation sites excluding steroid dienone is 1. The molecule has 2 atom stereocenters. The maximum atomic E-state index is 5.46. The summed E-state index contributed by atoms with van der Waals surface area (Å²) in [5, 5.41) is 0. The molecule has 1 saturated carbocycles. The highest BCUT2D eigenvalue weighted by Gasteiger charge is 2.20. The molecule has 1 heteroatoms. The van der Waals surface area contributed by atoms with Gasteiger partial charge in [0.2, 0.25) is 0 Å². The van der Waals surface area contributed by atoms with Crippen LogP contribution in [-0.2, 0) is 0 Å². The highest BCUT2D eigenvalue weighted by Crippen LogP contribution is 2.32. The predicted molar refractivity (Wildman–Crippen MR) is 58.6 cm³/mol. The number of nitrogens with two attached hydrogens (primary N) is 1. The molecule has 0 bridgehead atoms. The first-order chi connectivity index (χ1) is 6.38. The molecule has 1 fully saturated rings. The summed E-state index contributed by atoms with van der Waals surface area (Å²) in [7, 11) is 0. The Morgan fingerprint density at radius 3 is 2.77 bits per heavy atom. The van der Waals surface area contributed by atoms with Crippen LogP contribution >= 0.6 is 0 Å². The van der Waals surface area contributed by atoms with Crippen molar-refractivity contribution in [2.75, 3.05) is 6.54 Å². The molecule has 13 heavy (non-hydrogen) atoms. The van der Waals surface area contributed by atoms with E-state index in [9.17, 15) is 0 Å². The summed E-state index contributed by atoms with van der Waals surface area (Å²) in [6.07, 6.45) is 12.8. The Labute approximate surface area is 82.4 Å². The van der Waals surface area contributed by atoms with Crippen LogP contribution in [0.3, 0.4) is 0 Å². The maximum Gasteiger partial charge on any atom is -0.00426 e. The minimum Gasteiger partial charge on any atom is -0.330 e. The van der Waals surface area contributed by atoms with Crippen molar-refractivity contribution in [1.29, 1.82) is 0 Å². The Bertz CT molecular complexity index is 151. The lowest BCUT2D eigenvalue weighted by Gasteiger charge is -2.28. The third-order valence-corrected chi connectivity index (χ3v) is 3.21. The normalized spacial score (nSPS) is 29.7. The molecule has 0 amide bonds. The molecule has 1 rings (SSSR count). The molecule has 0 aromatic heterocycles. The summed E-state index contributed by atoms with van der Waals surface area (Å²) in [6.45, 7) is 3.11. The fraction of sp³-hybridized carbons (Fsp3) is 0.833. The highest BCUT2D eigenvalue weighted by atomic mass is 14.5. The van der Waals surface area contributed by atoms with Gasteiger partial charge in [-0.3, -0.25) is 0 Å². The molecule has 0 heterocycles. The topological polar surface area (TPSA) is 26.0 Å². The third kappa shape index (κ3) is 3.51. The SMILES string of the molecule is CCC1CCCCC1/C=C/CCN. The average molecular weight is 181 g/mol. The first kappa shape index (κ1) is 10.8. The van der Waals surface area contributed by atoms with Gasteiger partial charge in [0.1, 0.15) is 0 Å². The van der Waals surface area contributed by atoms with Crippen LogP contribution in [-0.4, -0.2) is 6.54 Å². The summed E-state index contributed by atoms with van der Waals surface area (Å²) in [6, 6.07) is 0. The zero-order chi connectivity index (χ0) is 9.52. The van der Waals surface area contributed by atoms with Crippen LogP contribution < -0.4 is 5.73 Å². The molecule has 0 aliphatic heterocycles. The first-order valence-corrected chi connectivity index (χ1v) is 5.75. The predicted octanol–water partition coefficient (Wildman–Crippen LogP) is 3.11. The number of hydrogen-bond donors (Lipinski definition) is 1. The quantitative estimate of drug-likeness (QED) is 0.663. The van der Waals surface area contributed by atoms with Crippen molar-refractivity contribution in [2.45, 2.75) is 45.4 Å². The summed E-state index contributed by atoms with van der Waals surface area (Å²) < 4.78 is 0. The van der Waals surface area contributed by atoms with Gasteiger partial charge in [-0.05, 0) is 37.6 Å². The van der Waals surface area contributed by atoms with Gasteiger partial charge in [0.25, 0.3) is 0 Å². The van der Waals surface area contributed by atoms with Gasteiger partial charge in [0, 0.05) is 0 Å². The maximum absolute atomic E-state index is 5.46. The molecule has 0 spiro atoms. The van der Waals surface area contributed by atoms with Crippen molar-refractivity contribution in [3.63, 3.8) is 0 Å². The van der Waals surface area contributed by atoms with E-state index in [1.54, 1.807) is 0 Å². The third-order valence-electron chi connectivity index (χ3n) is 3.21. The van der Waals surface area contributed by atoms with Crippen molar-refractivity contribution in [3.05, 3.63) is 12.2 Å². The lowest BCUT2D eigenvalue weighted by molar-refractivity contribution is 0.276. The zero-order valence-corrected chi connectivity index (χ0v) is 8.84. The molecule has 2 N–H and O–H groups in total. The molecular formula is C12H23N. The Balaban J connectivity index is 2.35. The molecule has 2 unspecified atom stereocenters. The van der Waals surface area contributed by atoms with Gasteiger partial charge >= 0.3 is 0 Å². The summed E-state index contributed by atoms with van der Waals surface area (Å²) in [4.78, 5) is 0. The van der Waals surface area contributed by atoms with Crippen LogP contribution in [0.25, 0.3) is 0 Å². The van der Waals surface area contributed by atoms with E-state index in [-0.39, 0.29) is 0 Å². The Hall–Kier alpha value is -0.300. The van der Waals surface area contributed by atoms with Crippen molar-refractivity contribution in [2.24, 2.45) is 17.6 Å². The number of hydrogen-bond acceptors (Lipinski definition) is 1. The van der Waals surface area contributed by atoms with E-state index in [1.165, 1.54) is 32.1 Å². The molecule has 1 nitrogen and oxygen atoms in total. The molecule has 0 radical (unpaired) electrons. The van der Waals surface area contributed by atoms with Gasteiger partial charge in [-0.15, -0.1) is 0 Å². The fourth-order valence-electron chi connectivity index (χ4n) is 2.36. The van der Waals surface area contributed by atoms with E-state index in [0.717, 1.165) is 24.8 Å². The average Bonchev–Trinajstić information content (AvgIpc) is 2.19. The van der Waals surface area contributed by atoms with Crippen molar-refractivity contribution in [3.8, 4) is 0 Å². The van der Waals surface area contributed by atoms with Crippen LogP contribution in [0.2, 0.25) is 0 Å². The van der Waals surface area contributed by atoms with Crippen molar-refractivity contribution in [1.82, 2.24) is 0 Å². The summed E-state index contributed by atoms with van der Waals surface area (Å²) in [5.41, 5.74) is 5.46. The molecule has 76 valence electrons. The van der Waals surface area contributed by atoms with Crippen LogP contribution in [0.5, 0.6) is 0 Å². The minimum absolute atomic E-state index is 0.792. The van der Waals surface area contributed by atoms with Gasteiger partial charge in [0.15, 0.2) is 0 Å². The fourth-order valence-corrected chi connectivity index (χ4v) is 2.36. The van der Waals surface area contributed by atoms with Crippen LogP contribution in [0.4, 0.5) is 0 Å². The van der Waals surface area contributed by atoms with Gasteiger partial charge in [-0.25, -0.2) is 0 Å². The molecule has 1 aliphatic rings. The first-order valence-electron chi connectivity index (χ1n) is 5.75. The molecule has 0 aromatic carbocycles. The van der Waals surface area contributed by atoms with E-state index < -0.39 is 0 Å². The van der Waals surface area contributed by atoms with E-state index in [2.05, 4.69) is 19.1 Å². The second-order valence-corrected chi connectivity index (χ2v) is 4.12. The van der Waals surface area contributed by atoms with Gasteiger partial charge < -0.3 is 5.73 Å². The van der Waals surface area contributed by atoms with Crippen molar-refractivity contribution >= 4 is 0 Å². The monoisotopic (exact) mass is 181 g/mol. The molecule has 0 saturated heterocycles. The Kier molecular flexibility index (Phi) is 5.14. The van der Waals surface area contributed by atoms with Crippen LogP contribution in [0.1, 0.15) is 45.4 Å². The lowest BCUT2D eigenvalue weighted by atomic mass is 9.77. The standard InChI is InChI=1S/C12H23N/c1-2-11-7-3-4-8-12(11)9-5-6-10-13/h5,9,11-12H,2-4,6-8,10,13H2,1H3/b9-5+.